The molecule has 0 aromatic carbocycles. The van der Waals surface area contributed by atoms with Gasteiger partial charge in [0.05, 0.1) is 6.26 Å². The molecule has 18 heavy (non-hydrogen) atoms. The minimum absolute atomic E-state index is 0.546. The summed E-state index contributed by atoms with van der Waals surface area (Å²) < 4.78 is 24.7. The molecule has 1 saturated heterocycles. The fourth-order valence-electron chi connectivity index (χ4n) is 2.73. The van der Waals surface area contributed by atoms with Crippen molar-refractivity contribution in [3.63, 3.8) is 0 Å². The third-order valence-corrected chi connectivity index (χ3v) is 5.02. The number of piperidine rings is 1. The van der Waals surface area contributed by atoms with Gasteiger partial charge in [-0.05, 0) is 50.6 Å². The Balaban J connectivity index is 2.33. The molecule has 1 rings (SSSR count). The van der Waals surface area contributed by atoms with Crippen LogP contribution in [-0.4, -0.2) is 45.2 Å². The van der Waals surface area contributed by atoms with E-state index in [9.17, 15) is 8.42 Å². The number of sulfonamides is 1. The van der Waals surface area contributed by atoms with Crippen molar-refractivity contribution in [1.82, 2.24) is 9.62 Å². The maximum Gasteiger partial charge on any atom is 0.211 e. The highest BCUT2D eigenvalue weighted by molar-refractivity contribution is 7.88. The van der Waals surface area contributed by atoms with E-state index in [2.05, 4.69) is 19.2 Å². The molecule has 0 bridgehead atoms. The summed E-state index contributed by atoms with van der Waals surface area (Å²) in [5.41, 5.74) is 0. The van der Waals surface area contributed by atoms with Crippen LogP contribution in [0.4, 0.5) is 0 Å². The molecule has 2 unspecified atom stereocenters. The van der Waals surface area contributed by atoms with Gasteiger partial charge in [0, 0.05) is 13.1 Å². The van der Waals surface area contributed by atoms with Gasteiger partial charge >= 0.3 is 0 Å². The second kappa shape index (κ2) is 7.46. The van der Waals surface area contributed by atoms with Gasteiger partial charge in [0.15, 0.2) is 0 Å². The number of nitrogens with one attached hydrogen (secondary N) is 1. The fourth-order valence-corrected chi connectivity index (χ4v) is 3.67. The average molecular weight is 276 g/mol. The molecule has 1 heterocycles. The molecule has 0 spiro atoms. The smallest absolute Gasteiger partial charge is 0.211 e. The summed E-state index contributed by atoms with van der Waals surface area (Å²) in [6.07, 6.45) is 5.85. The molecule has 1 aliphatic heterocycles. The summed E-state index contributed by atoms with van der Waals surface area (Å²) in [6, 6.07) is 0. The van der Waals surface area contributed by atoms with E-state index in [-0.39, 0.29) is 0 Å². The maximum atomic E-state index is 11.5. The number of hydrogen-bond donors (Lipinski definition) is 1. The first-order chi connectivity index (χ1) is 8.43. The quantitative estimate of drug-likeness (QED) is 0.720. The molecule has 1 aliphatic rings. The van der Waals surface area contributed by atoms with E-state index in [1.54, 1.807) is 4.31 Å². The Kier molecular flexibility index (Phi) is 6.60. The third kappa shape index (κ3) is 5.67. The van der Waals surface area contributed by atoms with Gasteiger partial charge in [-0.15, -0.1) is 0 Å². The van der Waals surface area contributed by atoms with Crippen molar-refractivity contribution in [3.8, 4) is 0 Å². The second-order valence-corrected chi connectivity index (χ2v) is 7.59. The van der Waals surface area contributed by atoms with Gasteiger partial charge in [0.1, 0.15) is 0 Å². The van der Waals surface area contributed by atoms with Crippen molar-refractivity contribution in [2.45, 2.75) is 39.5 Å². The Morgan fingerprint density at radius 2 is 2.17 bits per heavy atom. The van der Waals surface area contributed by atoms with Gasteiger partial charge in [-0.25, -0.2) is 12.7 Å². The highest BCUT2D eigenvalue weighted by atomic mass is 32.2. The summed E-state index contributed by atoms with van der Waals surface area (Å²) in [6.45, 7) is 7.93. The number of rotatable bonds is 7. The van der Waals surface area contributed by atoms with Crippen LogP contribution >= 0.6 is 0 Å². The van der Waals surface area contributed by atoms with Gasteiger partial charge in [-0.3, -0.25) is 0 Å². The molecule has 5 heteroatoms. The van der Waals surface area contributed by atoms with Crippen LogP contribution < -0.4 is 5.32 Å². The van der Waals surface area contributed by atoms with Gasteiger partial charge in [0.25, 0.3) is 0 Å². The molecule has 0 saturated carbocycles. The maximum absolute atomic E-state index is 11.5. The standard InChI is InChI=1S/C13H28N2O2S/c1-4-14-8-7-12(2)10-13-6-5-9-15(11-13)18(3,16)17/h12-14H,4-11H2,1-3H3. The molecule has 0 aliphatic carbocycles. The summed E-state index contributed by atoms with van der Waals surface area (Å²) in [5, 5.41) is 3.34. The first kappa shape index (κ1) is 15.9. The monoisotopic (exact) mass is 276 g/mol. The lowest BCUT2D eigenvalue weighted by molar-refractivity contribution is 0.231. The lowest BCUT2D eigenvalue weighted by atomic mass is 9.88. The largest absolute Gasteiger partial charge is 0.317 e. The highest BCUT2D eigenvalue weighted by Gasteiger charge is 2.26. The van der Waals surface area contributed by atoms with Gasteiger partial charge in [-0.1, -0.05) is 13.8 Å². The van der Waals surface area contributed by atoms with E-state index < -0.39 is 10.0 Å². The average Bonchev–Trinajstić information content (AvgIpc) is 2.28. The van der Waals surface area contributed by atoms with Gasteiger partial charge in [-0.2, -0.15) is 0 Å². The molecular formula is C13H28N2O2S. The van der Waals surface area contributed by atoms with E-state index in [0.717, 1.165) is 32.5 Å². The van der Waals surface area contributed by atoms with Crippen LogP contribution in [0.5, 0.6) is 0 Å². The van der Waals surface area contributed by atoms with Crippen LogP contribution in [-0.2, 0) is 10.0 Å². The zero-order chi connectivity index (χ0) is 13.6. The van der Waals surface area contributed by atoms with Crippen molar-refractivity contribution in [2.75, 3.05) is 32.4 Å². The van der Waals surface area contributed by atoms with Crippen molar-refractivity contribution in [2.24, 2.45) is 11.8 Å². The van der Waals surface area contributed by atoms with Crippen molar-refractivity contribution in [1.29, 1.82) is 0 Å². The Labute approximate surface area is 112 Å². The normalized spacial score (nSPS) is 24.1. The highest BCUT2D eigenvalue weighted by Crippen LogP contribution is 2.25. The van der Waals surface area contributed by atoms with Crippen LogP contribution in [0.15, 0.2) is 0 Å². The van der Waals surface area contributed by atoms with Crippen molar-refractivity contribution in [3.05, 3.63) is 0 Å². The van der Waals surface area contributed by atoms with Crippen LogP contribution in [0.2, 0.25) is 0 Å². The number of nitrogens with zero attached hydrogens (tertiary/aromatic N) is 1. The Bertz CT molecular complexity index is 330. The van der Waals surface area contributed by atoms with Gasteiger partial charge in [0.2, 0.25) is 10.0 Å². The summed E-state index contributed by atoms with van der Waals surface area (Å²) in [7, 11) is -2.99. The molecule has 108 valence electrons. The van der Waals surface area contributed by atoms with E-state index in [1.165, 1.54) is 19.1 Å². The van der Waals surface area contributed by atoms with E-state index in [1.807, 2.05) is 0 Å². The summed E-state index contributed by atoms with van der Waals surface area (Å²) >= 11 is 0. The van der Waals surface area contributed by atoms with Crippen LogP contribution in [0.1, 0.15) is 39.5 Å². The molecule has 2 atom stereocenters. The van der Waals surface area contributed by atoms with E-state index >= 15 is 0 Å². The molecule has 0 radical (unpaired) electrons. The summed E-state index contributed by atoms with van der Waals surface area (Å²) in [5.74, 6) is 1.22. The lowest BCUT2D eigenvalue weighted by Gasteiger charge is -2.32. The molecular weight excluding hydrogens is 248 g/mol. The van der Waals surface area contributed by atoms with Gasteiger partial charge < -0.3 is 5.32 Å². The topological polar surface area (TPSA) is 49.4 Å². The predicted octanol–water partition coefficient (Wildman–Crippen LogP) is 1.68. The predicted molar refractivity (Wildman–Crippen MR) is 76.1 cm³/mol. The van der Waals surface area contributed by atoms with Crippen LogP contribution in [0.3, 0.4) is 0 Å². The zero-order valence-electron chi connectivity index (χ0n) is 12.0. The Hall–Kier alpha value is -0.130. The third-order valence-electron chi connectivity index (χ3n) is 3.75. The minimum atomic E-state index is -2.99. The molecule has 0 amide bonds. The minimum Gasteiger partial charge on any atom is -0.317 e. The lowest BCUT2D eigenvalue weighted by Crippen LogP contribution is -2.39. The molecule has 1 fully saturated rings. The fraction of sp³-hybridized carbons (Fsp3) is 1.00. The first-order valence-corrected chi connectivity index (χ1v) is 8.94. The molecule has 0 aromatic heterocycles. The first-order valence-electron chi connectivity index (χ1n) is 7.09. The molecule has 0 aromatic rings. The molecule has 4 nitrogen and oxygen atoms in total. The van der Waals surface area contributed by atoms with Crippen LogP contribution in [0, 0.1) is 11.8 Å². The summed E-state index contributed by atoms with van der Waals surface area (Å²) in [4.78, 5) is 0. The Morgan fingerprint density at radius 3 is 2.78 bits per heavy atom. The van der Waals surface area contributed by atoms with Crippen molar-refractivity contribution >= 4 is 10.0 Å². The van der Waals surface area contributed by atoms with Crippen LogP contribution in [0.25, 0.3) is 0 Å². The second-order valence-electron chi connectivity index (χ2n) is 5.61. The molecule has 1 N–H and O–H groups in total. The zero-order valence-corrected chi connectivity index (χ0v) is 12.8. The van der Waals surface area contributed by atoms with Crippen molar-refractivity contribution < 1.29 is 8.42 Å². The Morgan fingerprint density at radius 1 is 1.44 bits per heavy atom. The SMILES string of the molecule is CCNCCC(C)CC1CCCN(S(C)(=O)=O)C1. The van der Waals surface area contributed by atoms with E-state index in [4.69, 9.17) is 0 Å². The number of hydrogen-bond acceptors (Lipinski definition) is 3. The van der Waals surface area contributed by atoms with E-state index in [0.29, 0.717) is 18.4 Å².